The monoisotopic (exact) mass is 293 g/mol. The predicted molar refractivity (Wildman–Crippen MR) is 87.4 cm³/mol. The Labute approximate surface area is 125 Å². The smallest absolute Gasteiger partial charge is 0.0376 e. The van der Waals surface area contributed by atoms with Gasteiger partial charge in [0.05, 0.1) is 0 Å². The second kappa shape index (κ2) is 6.40. The number of hydrogen-bond donors (Lipinski definition) is 1. The van der Waals surface area contributed by atoms with Crippen molar-refractivity contribution in [3.8, 4) is 0 Å². The summed E-state index contributed by atoms with van der Waals surface area (Å²) in [6.07, 6.45) is 5.15. The minimum Gasteiger partial charge on any atom is -0.307 e. The van der Waals surface area contributed by atoms with Gasteiger partial charge in [-0.1, -0.05) is 38.1 Å². The Hall–Kier alpha value is -0.670. The third kappa shape index (κ3) is 3.70. The van der Waals surface area contributed by atoms with Crippen molar-refractivity contribution in [2.75, 3.05) is 12.0 Å². The SMILES string of the molecule is CC(CCS(C)=O)NC1c2ccccc2CCC1(C)C. The molecule has 1 aliphatic carbocycles. The first-order valence-corrected chi connectivity index (χ1v) is 9.27. The highest BCUT2D eigenvalue weighted by Crippen LogP contribution is 2.43. The lowest BCUT2D eigenvalue weighted by molar-refractivity contribution is 0.195. The molecule has 0 radical (unpaired) electrons. The van der Waals surface area contributed by atoms with Gasteiger partial charge in [-0.25, -0.2) is 0 Å². The topological polar surface area (TPSA) is 29.1 Å². The molecule has 2 rings (SSSR count). The molecule has 0 heterocycles. The molecular formula is C17H27NOS. The van der Waals surface area contributed by atoms with Crippen LogP contribution < -0.4 is 5.32 Å². The van der Waals surface area contributed by atoms with Crippen molar-refractivity contribution < 1.29 is 4.21 Å². The first-order valence-electron chi connectivity index (χ1n) is 7.54. The van der Waals surface area contributed by atoms with Gasteiger partial charge >= 0.3 is 0 Å². The van der Waals surface area contributed by atoms with E-state index in [0.29, 0.717) is 12.1 Å². The van der Waals surface area contributed by atoms with E-state index in [9.17, 15) is 4.21 Å². The highest BCUT2D eigenvalue weighted by Gasteiger charge is 2.36. The van der Waals surface area contributed by atoms with Crippen molar-refractivity contribution >= 4 is 10.8 Å². The maximum Gasteiger partial charge on any atom is 0.0376 e. The summed E-state index contributed by atoms with van der Waals surface area (Å²) in [6, 6.07) is 9.59. The van der Waals surface area contributed by atoms with Crippen LogP contribution in [0.25, 0.3) is 0 Å². The summed E-state index contributed by atoms with van der Waals surface area (Å²) in [4.78, 5) is 0. The lowest BCUT2D eigenvalue weighted by atomic mass is 9.70. The molecule has 0 aliphatic heterocycles. The van der Waals surface area contributed by atoms with E-state index >= 15 is 0 Å². The molecule has 3 atom stereocenters. The molecule has 3 heteroatoms. The summed E-state index contributed by atoms with van der Waals surface area (Å²) in [7, 11) is -0.697. The zero-order chi connectivity index (χ0) is 14.8. The van der Waals surface area contributed by atoms with Crippen LogP contribution in [-0.4, -0.2) is 22.3 Å². The third-order valence-electron chi connectivity index (χ3n) is 4.48. The van der Waals surface area contributed by atoms with Crippen molar-refractivity contribution in [1.29, 1.82) is 0 Å². The molecule has 3 unspecified atom stereocenters. The Morgan fingerprint density at radius 1 is 1.40 bits per heavy atom. The summed E-state index contributed by atoms with van der Waals surface area (Å²) in [5.41, 5.74) is 3.21. The standard InChI is InChI=1S/C17H27NOS/c1-13(10-12-20(4)19)18-16-15-8-6-5-7-14(15)9-11-17(16,2)3/h5-8,13,16,18H,9-12H2,1-4H3. The fourth-order valence-electron chi connectivity index (χ4n) is 3.09. The first kappa shape index (κ1) is 15.7. The van der Waals surface area contributed by atoms with Gasteiger partial charge in [-0.15, -0.1) is 0 Å². The van der Waals surface area contributed by atoms with E-state index in [-0.39, 0.29) is 5.41 Å². The first-order chi connectivity index (χ1) is 9.40. The number of nitrogens with one attached hydrogen (secondary N) is 1. The van der Waals surface area contributed by atoms with Gasteiger partial charge in [0, 0.05) is 34.9 Å². The van der Waals surface area contributed by atoms with Crippen LogP contribution >= 0.6 is 0 Å². The lowest BCUT2D eigenvalue weighted by Gasteiger charge is -2.42. The molecule has 0 saturated carbocycles. The second-order valence-electron chi connectivity index (χ2n) is 6.75. The summed E-state index contributed by atoms with van der Waals surface area (Å²) in [5, 5.41) is 3.79. The molecule has 112 valence electrons. The fraction of sp³-hybridized carbons (Fsp3) is 0.647. The second-order valence-corrected chi connectivity index (χ2v) is 8.31. The summed E-state index contributed by atoms with van der Waals surface area (Å²) in [5.74, 6) is 0.781. The number of hydrogen-bond acceptors (Lipinski definition) is 2. The van der Waals surface area contributed by atoms with E-state index in [1.54, 1.807) is 6.26 Å². The van der Waals surface area contributed by atoms with Crippen LogP contribution in [0.1, 0.15) is 50.8 Å². The average Bonchev–Trinajstić information content (AvgIpc) is 2.40. The van der Waals surface area contributed by atoms with Crippen molar-refractivity contribution in [3.63, 3.8) is 0 Å². The van der Waals surface area contributed by atoms with Crippen LogP contribution in [-0.2, 0) is 17.2 Å². The van der Waals surface area contributed by atoms with E-state index in [1.807, 2.05) is 0 Å². The number of aryl methyl sites for hydroxylation is 1. The van der Waals surface area contributed by atoms with Crippen LogP contribution in [0.15, 0.2) is 24.3 Å². The molecular weight excluding hydrogens is 266 g/mol. The Morgan fingerprint density at radius 2 is 2.10 bits per heavy atom. The highest BCUT2D eigenvalue weighted by atomic mass is 32.2. The minimum absolute atomic E-state index is 0.272. The van der Waals surface area contributed by atoms with Gasteiger partial charge in [0.25, 0.3) is 0 Å². The summed E-state index contributed by atoms with van der Waals surface area (Å²) in [6.45, 7) is 6.91. The van der Waals surface area contributed by atoms with Gasteiger partial charge in [0.1, 0.15) is 0 Å². The molecule has 1 aromatic rings. The number of benzene rings is 1. The molecule has 0 fully saturated rings. The van der Waals surface area contributed by atoms with E-state index < -0.39 is 10.8 Å². The Morgan fingerprint density at radius 3 is 2.80 bits per heavy atom. The minimum atomic E-state index is -0.697. The van der Waals surface area contributed by atoms with Gasteiger partial charge in [-0.3, -0.25) is 4.21 Å². The molecule has 0 saturated heterocycles. The van der Waals surface area contributed by atoms with E-state index in [1.165, 1.54) is 24.0 Å². The zero-order valence-electron chi connectivity index (χ0n) is 13.1. The molecule has 0 amide bonds. The third-order valence-corrected chi connectivity index (χ3v) is 5.29. The van der Waals surface area contributed by atoms with Gasteiger partial charge in [0.2, 0.25) is 0 Å². The number of fused-ring (bicyclic) bond motifs is 1. The van der Waals surface area contributed by atoms with Crippen molar-refractivity contribution in [1.82, 2.24) is 5.32 Å². The average molecular weight is 293 g/mol. The molecule has 20 heavy (non-hydrogen) atoms. The molecule has 0 bridgehead atoms. The van der Waals surface area contributed by atoms with Crippen LogP contribution in [0.3, 0.4) is 0 Å². The van der Waals surface area contributed by atoms with Crippen molar-refractivity contribution in [3.05, 3.63) is 35.4 Å². The molecule has 1 aromatic carbocycles. The van der Waals surface area contributed by atoms with Crippen molar-refractivity contribution in [2.24, 2.45) is 5.41 Å². The quantitative estimate of drug-likeness (QED) is 0.901. The molecule has 1 aliphatic rings. The maximum atomic E-state index is 11.2. The highest BCUT2D eigenvalue weighted by molar-refractivity contribution is 7.84. The van der Waals surface area contributed by atoms with Gasteiger partial charge in [-0.05, 0) is 42.7 Å². The Balaban J connectivity index is 2.13. The van der Waals surface area contributed by atoms with Crippen molar-refractivity contribution in [2.45, 2.75) is 52.1 Å². The van der Waals surface area contributed by atoms with Crippen LogP contribution in [0, 0.1) is 5.41 Å². The summed E-state index contributed by atoms with van der Waals surface area (Å²) < 4.78 is 11.2. The summed E-state index contributed by atoms with van der Waals surface area (Å²) >= 11 is 0. The molecule has 0 aromatic heterocycles. The van der Waals surface area contributed by atoms with Crippen LogP contribution in [0.4, 0.5) is 0 Å². The fourth-order valence-corrected chi connectivity index (χ4v) is 3.78. The van der Waals surface area contributed by atoms with Gasteiger partial charge < -0.3 is 5.32 Å². The van der Waals surface area contributed by atoms with E-state index in [0.717, 1.165) is 12.2 Å². The molecule has 0 spiro atoms. The van der Waals surface area contributed by atoms with E-state index in [4.69, 9.17) is 0 Å². The molecule has 1 N–H and O–H groups in total. The molecule has 2 nitrogen and oxygen atoms in total. The largest absolute Gasteiger partial charge is 0.307 e. The number of rotatable bonds is 5. The maximum absolute atomic E-state index is 11.2. The van der Waals surface area contributed by atoms with Crippen LogP contribution in [0.5, 0.6) is 0 Å². The Kier molecular flexibility index (Phi) is 5.03. The lowest BCUT2D eigenvalue weighted by Crippen LogP contribution is -2.42. The van der Waals surface area contributed by atoms with Crippen LogP contribution in [0.2, 0.25) is 0 Å². The van der Waals surface area contributed by atoms with E-state index in [2.05, 4.69) is 50.4 Å². The zero-order valence-corrected chi connectivity index (χ0v) is 13.9. The predicted octanol–water partition coefficient (Wildman–Crippen LogP) is 3.45. The van der Waals surface area contributed by atoms with Gasteiger partial charge in [-0.2, -0.15) is 0 Å². The normalized spacial score (nSPS) is 23.9. The Bertz CT molecular complexity index is 484. The van der Waals surface area contributed by atoms with Gasteiger partial charge in [0.15, 0.2) is 0 Å².